The maximum Gasteiger partial charge on any atom is 0.279 e. The predicted molar refractivity (Wildman–Crippen MR) is 112 cm³/mol. The third-order valence-electron chi connectivity index (χ3n) is 4.52. The first kappa shape index (κ1) is 18.2. The number of nitrogens with zero attached hydrogens (tertiary/aromatic N) is 3. The van der Waals surface area contributed by atoms with E-state index >= 15 is 0 Å². The molecule has 1 aliphatic heterocycles. The molecule has 0 aliphatic carbocycles. The molecular weight excluding hydrogens is 398 g/mol. The van der Waals surface area contributed by atoms with Crippen LogP contribution in [0.25, 0.3) is 11.1 Å². The summed E-state index contributed by atoms with van der Waals surface area (Å²) in [7, 11) is 3.19. The molecule has 8 heteroatoms. The normalized spacial score (nSPS) is 14.4. The van der Waals surface area contributed by atoms with Gasteiger partial charge in [0.25, 0.3) is 5.91 Å². The molecule has 0 bridgehead atoms. The van der Waals surface area contributed by atoms with E-state index in [1.54, 1.807) is 31.8 Å². The number of anilines is 1. The van der Waals surface area contributed by atoms with Gasteiger partial charge in [-0.2, -0.15) is 0 Å². The Hall–Kier alpha value is -2.16. The van der Waals surface area contributed by atoms with E-state index in [0.717, 1.165) is 31.3 Å². The Labute approximate surface area is 169 Å². The predicted octanol–water partition coefficient (Wildman–Crippen LogP) is 5.29. The highest BCUT2D eigenvalue weighted by Crippen LogP contribution is 2.53. The molecule has 0 saturated carbocycles. The van der Waals surface area contributed by atoms with E-state index in [1.807, 2.05) is 39.0 Å². The van der Waals surface area contributed by atoms with Crippen molar-refractivity contribution < 1.29 is 9.53 Å². The zero-order valence-corrected chi connectivity index (χ0v) is 17.5. The van der Waals surface area contributed by atoms with Crippen LogP contribution in [0.1, 0.15) is 36.1 Å². The summed E-state index contributed by atoms with van der Waals surface area (Å²) in [4.78, 5) is 24.5. The Bertz CT molecular complexity index is 1070. The van der Waals surface area contributed by atoms with Crippen LogP contribution in [-0.4, -0.2) is 22.5 Å². The average Bonchev–Trinajstić information content (AvgIpc) is 3.06. The lowest BCUT2D eigenvalue weighted by Crippen LogP contribution is -2.48. The van der Waals surface area contributed by atoms with Gasteiger partial charge in [-0.05, 0) is 39.0 Å². The SMILES string of the molecule is CCOc1ccc2c(c1)-c1c(ssc1=S)C(C)(C)N2C(=O)c1cnccn1. The monoisotopic (exact) mass is 415 g/mol. The Morgan fingerprint density at radius 1 is 1.30 bits per heavy atom. The molecule has 27 heavy (non-hydrogen) atoms. The van der Waals surface area contributed by atoms with Crippen molar-refractivity contribution in [3.05, 3.63) is 51.2 Å². The van der Waals surface area contributed by atoms with Gasteiger partial charge in [0, 0.05) is 23.5 Å². The topological polar surface area (TPSA) is 55.3 Å². The van der Waals surface area contributed by atoms with Crippen molar-refractivity contribution in [2.75, 3.05) is 11.5 Å². The molecule has 4 rings (SSSR count). The molecule has 0 unspecified atom stereocenters. The second kappa shape index (κ2) is 6.78. The summed E-state index contributed by atoms with van der Waals surface area (Å²) in [6, 6.07) is 5.79. The number of hydrogen-bond donors (Lipinski definition) is 0. The van der Waals surface area contributed by atoms with Gasteiger partial charge in [-0.15, -0.1) is 0 Å². The minimum atomic E-state index is -0.553. The quantitative estimate of drug-likeness (QED) is 0.430. The molecular formula is C19H17N3O2S3. The zero-order valence-electron chi connectivity index (χ0n) is 15.1. The molecule has 0 saturated heterocycles. The maximum absolute atomic E-state index is 13.4. The summed E-state index contributed by atoms with van der Waals surface area (Å²) in [6.45, 7) is 6.60. The molecule has 0 radical (unpaired) electrons. The fraction of sp³-hybridized carbons (Fsp3) is 0.263. The summed E-state index contributed by atoms with van der Waals surface area (Å²) in [5.74, 6) is 0.577. The smallest absolute Gasteiger partial charge is 0.279 e. The molecule has 3 heterocycles. The van der Waals surface area contributed by atoms with Gasteiger partial charge in [-0.1, -0.05) is 32.9 Å². The van der Waals surface area contributed by atoms with Crippen molar-refractivity contribution in [1.82, 2.24) is 9.97 Å². The van der Waals surface area contributed by atoms with Crippen molar-refractivity contribution in [3.8, 4) is 16.9 Å². The van der Waals surface area contributed by atoms with E-state index in [2.05, 4.69) is 9.97 Å². The van der Waals surface area contributed by atoms with Gasteiger partial charge in [-0.3, -0.25) is 14.7 Å². The molecule has 0 fully saturated rings. The number of amides is 1. The van der Waals surface area contributed by atoms with Gasteiger partial charge in [0.2, 0.25) is 0 Å². The number of hydrogen-bond acceptors (Lipinski definition) is 7. The van der Waals surface area contributed by atoms with Gasteiger partial charge in [-0.25, -0.2) is 4.98 Å². The molecule has 1 aromatic carbocycles. The van der Waals surface area contributed by atoms with Crippen molar-refractivity contribution in [3.63, 3.8) is 0 Å². The summed E-state index contributed by atoms with van der Waals surface area (Å²) >= 11 is 5.62. The van der Waals surface area contributed by atoms with Crippen LogP contribution in [0.5, 0.6) is 5.75 Å². The molecule has 3 aromatic rings. The molecule has 5 nitrogen and oxygen atoms in total. The summed E-state index contributed by atoms with van der Waals surface area (Å²) in [5.41, 5.74) is 2.53. The molecule has 2 aromatic heterocycles. The highest BCUT2D eigenvalue weighted by Gasteiger charge is 2.43. The zero-order chi connectivity index (χ0) is 19.2. The number of aromatic nitrogens is 2. The van der Waals surface area contributed by atoms with Gasteiger partial charge in [0.15, 0.2) is 0 Å². The third-order valence-corrected chi connectivity index (χ3v) is 7.85. The van der Waals surface area contributed by atoms with E-state index < -0.39 is 5.54 Å². The highest BCUT2D eigenvalue weighted by molar-refractivity contribution is 7.80. The Morgan fingerprint density at radius 2 is 2.11 bits per heavy atom. The number of carbonyl (C=O) groups excluding carboxylic acids is 1. The minimum Gasteiger partial charge on any atom is -0.494 e. The van der Waals surface area contributed by atoms with Crippen LogP contribution in [0, 0.1) is 3.82 Å². The first-order valence-electron chi connectivity index (χ1n) is 8.46. The lowest BCUT2D eigenvalue weighted by Gasteiger charge is -2.42. The van der Waals surface area contributed by atoms with Gasteiger partial charge in [0.1, 0.15) is 15.3 Å². The first-order chi connectivity index (χ1) is 12.9. The van der Waals surface area contributed by atoms with Crippen molar-refractivity contribution >= 4 is 44.5 Å². The van der Waals surface area contributed by atoms with Crippen molar-refractivity contribution in [2.45, 2.75) is 26.3 Å². The van der Waals surface area contributed by atoms with E-state index in [-0.39, 0.29) is 5.91 Å². The minimum absolute atomic E-state index is 0.187. The Morgan fingerprint density at radius 3 is 2.81 bits per heavy atom. The standard InChI is InChI=1S/C19H17N3O2S3/c1-4-24-11-5-6-14-12(9-11)15-16(26-27-18(15)25)19(2,3)22(14)17(23)13-10-20-7-8-21-13/h5-10H,4H2,1-3H3. The lowest BCUT2D eigenvalue weighted by molar-refractivity contribution is 0.0956. The summed E-state index contributed by atoms with van der Waals surface area (Å²) in [6.07, 6.45) is 4.59. The molecule has 1 amide bonds. The molecule has 138 valence electrons. The van der Waals surface area contributed by atoms with Crippen molar-refractivity contribution in [1.29, 1.82) is 0 Å². The highest BCUT2D eigenvalue weighted by atomic mass is 32.9. The van der Waals surface area contributed by atoms with Gasteiger partial charge >= 0.3 is 0 Å². The van der Waals surface area contributed by atoms with E-state index in [0.29, 0.717) is 12.3 Å². The third kappa shape index (κ3) is 2.88. The Balaban J connectivity index is 1.96. The van der Waals surface area contributed by atoms with Crippen LogP contribution >= 0.6 is 32.9 Å². The number of benzene rings is 1. The second-order valence-corrected chi connectivity index (χ2v) is 9.38. The van der Waals surface area contributed by atoms with E-state index in [1.165, 1.54) is 12.4 Å². The van der Waals surface area contributed by atoms with Gasteiger partial charge < -0.3 is 4.74 Å². The Kier molecular flexibility index (Phi) is 4.57. The molecule has 0 spiro atoms. The number of ether oxygens (including phenoxy) is 1. The fourth-order valence-electron chi connectivity index (χ4n) is 3.35. The summed E-state index contributed by atoms with van der Waals surface area (Å²) < 4.78 is 6.52. The van der Waals surface area contributed by atoms with E-state index in [9.17, 15) is 4.79 Å². The van der Waals surface area contributed by atoms with Crippen LogP contribution in [0.3, 0.4) is 0 Å². The van der Waals surface area contributed by atoms with Crippen LogP contribution < -0.4 is 9.64 Å². The average molecular weight is 416 g/mol. The van der Waals surface area contributed by atoms with Crippen molar-refractivity contribution in [2.24, 2.45) is 0 Å². The summed E-state index contributed by atoms with van der Waals surface area (Å²) in [5, 5.41) is 0. The van der Waals surface area contributed by atoms with E-state index in [4.69, 9.17) is 17.0 Å². The number of rotatable bonds is 3. The first-order valence-corrected chi connectivity index (χ1v) is 11.0. The molecule has 0 N–H and O–H groups in total. The molecule has 1 aliphatic rings. The van der Waals surface area contributed by atoms with Crippen LogP contribution in [0.15, 0.2) is 36.8 Å². The number of fused-ring (bicyclic) bond motifs is 3. The van der Waals surface area contributed by atoms with Crippen LogP contribution in [0.2, 0.25) is 0 Å². The second-order valence-electron chi connectivity index (χ2n) is 6.56. The fourth-order valence-corrected chi connectivity index (χ4v) is 6.63. The van der Waals surface area contributed by atoms with Crippen LogP contribution in [0.4, 0.5) is 5.69 Å². The van der Waals surface area contributed by atoms with Crippen LogP contribution in [-0.2, 0) is 5.54 Å². The largest absolute Gasteiger partial charge is 0.494 e. The van der Waals surface area contributed by atoms with Gasteiger partial charge in [0.05, 0.1) is 28.9 Å². The lowest BCUT2D eigenvalue weighted by atomic mass is 9.87. The molecule has 0 atom stereocenters. The number of carbonyl (C=O) groups is 1. The maximum atomic E-state index is 13.4.